The number of aromatic nitrogens is 1. The number of nitrogens with zero attached hydrogens (tertiary/aromatic N) is 4. The third kappa shape index (κ3) is 4.73. The third-order valence-corrected chi connectivity index (χ3v) is 6.37. The molecule has 1 aliphatic carbocycles. The lowest BCUT2D eigenvalue weighted by Crippen LogP contribution is -2.27. The Morgan fingerprint density at radius 2 is 1.59 bits per heavy atom. The Bertz CT molecular complexity index is 1630. The minimum Gasteiger partial charge on any atom is -0.266 e. The Kier molecular flexibility index (Phi) is 6.56. The van der Waals surface area contributed by atoms with Gasteiger partial charge in [0.1, 0.15) is 11.6 Å². The maximum absolute atomic E-state index is 13.7. The average molecular weight is 487 g/mol. The van der Waals surface area contributed by atoms with E-state index in [0.717, 1.165) is 35.1 Å². The number of fused-ring (bicyclic) bond motifs is 1. The van der Waals surface area contributed by atoms with E-state index in [0.29, 0.717) is 23.2 Å². The maximum Gasteiger partial charge on any atom is 0.290 e. The normalized spacial score (nSPS) is 13.9. The zero-order chi connectivity index (χ0) is 25.8. The number of rotatable bonds is 5. The van der Waals surface area contributed by atoms with Crippen molar-refractivity contribution in [1.82, 2.24) is 4.68 Å². The Morgan fingerprint density at radius 3 is 2.24 bits per heavy atom. The lowest BCUT2D eigenvalue weighted by Gasteiger charge is -2.25. The molecule has 1 aromatic heterocycles. The van der Waals surface area contributed by atoms with Gasteiger partial charge in [0.2, 0.25) is 0 Å². The molecule has 0 radical (unpaired) electrons. The summed E-state index contributed by atoms with van der Waals surface area (Å²) in [6.45, 7) is 0. The molecule has 0 fully saturated rings. The highest BCUT2D eigenvalue weighted by atomic mass is 16.6. The molecule has 0 spiro atoms. The number of nitro benzene ring substituents is 1. The number of benzene rings is 3. The van der Waals surface area contributed by atoms with Crippen LogP contribution in [0.2, 0.25) is 0 Å². The summed E-state index contributed by atoms with van der Waals surface area (Å²) >= 11 is 0. The standard InChI is InChI=1S/C30H22N4O3/c31-19-27-28(23-10-5-2-6-11-23)26-13-7-12-24(18-21-8-3-1-4-9-21)29(26)33(30(27)35)32-20-22-14-16-25(17-15-22)34(36)37/h1-6,8-11,14-18,20H,7,12-13H2/b24-18+,32-20?. The van der Waals surface area contributed by atoms with Crippen LogP contribution in [-0.4, -0.2) is 15.8 Å². The lowest BCUT2D eigenvalue weighted by molar-refractivity contribution is -0.384. The molecular weight excluding hydrogens is 464 g/mol. The smallest absolute Gasteiger partial charge is 0.266 e. The highest BCUT2D eigenvalue weighted by Gasteiger charge is 2.27. The van der Waals surface area contributed by atoms with Crippen molar-refractivity contribution in [2.75, 3.05) is 0 Å². The molecule has 5 rings (SSSR count). The van der Waals surface area contributed by atoms with Crippen LogP contribution in [0.3, 0.4) is 0 Å². The van der Waals surface area contributed by atoms with Gasteiger partial charge in [-0.1, -0.05) is 60.7 Å². The monoisotopic (exact) mass is 486 g/mol. The van der Waals surface area contributed by atoms with E-state index in [4.69, 9.17) is 0 Å². The van der Waals surface area contributed by atoms with Gasteiger partial charge >= 0.3 is 0 Å². The highest BCUT2D eigenvalue weighted by molar-refractivity contribution is 5.88. The molecule has 3 aromatic carbocycles. The average Bonchev–Trinajstić information content (AvgIpc) is 2.93. The van der Waals surface area contributed by atoms with Crippen molar-refractivity contribution in [2.45, 2.75) is 19.3 Å². The van der Waals surface area contributed by atoms with Gasteiger partial charge in [-0.25, -0.2) is 0 Å². The predicted octanol–water partition coefficient (Wildman–Crippen LogP) is 6.05. The molecule has 1 heterocycles. The van der Waals surface area contributed by atoms with Crippen LogP contribution < -0.4 is 5.56 Å². The Morgan fingerprint density at radius 1 is 0.919 bits per heavy atom. The number of hydrogen-bond donors (Lipinski definition) is 0. The second-order valence-corrected chi connectivity index (χ2v) is 8.70. The van der Waals surface area contributed by atoms with E-state index < -0.39 is 10.5 Å². The number of hydrogen-bond acceptors (Lipinski definition) is 5. The molecule has 0 saturated heterocycles. The van der Waals surface area contributed by atoms with E-state index in [2.05, 4.69) is 17.2 Å². The largest absolute Gasteiger partial charge is 0.290 e. The van der Waals surface area contributed by atoms with E-state index >= 15 is 0 Å². The summed E-state index contributed by atoms with van der Waals surface area (Å²) < 4.78 is 1.32. The van der Waals surface area contributed by atoms with Gasteiger partial charge < -0.3 is 0 Å². The molecular formula is C30H22N4O3. The van der Waals surface area contributed by atoms with Crippen LogP contribution in [0.15, 0.2) is 94.8 Å². The van der Waals surface area contributed by atoms with E-state index in [1.807, 2.05) is 60.7 Å². The summed E-state index contributed by atoms with van der Waals surface area (Å²) in [5.74, 6) is 0. The SMILES string of the molecule is N#Cc1c(-c2ccccc2)c2c(n(N=Cc3ccc([N+](=O)[O-])cc3)c1=O)/C(=C/c1ccccc1)CCC2. The fraction of sp³-hybridized carbons (Fsp3) is 0.100. The molecule has 0 N–H and O–H groups in total. The van der Waals surface area contributed by atoms with E-state index in [-0.39, 0.29) is 11.3 Å². The van der Waals surface area contributed by atoms with E-state index in [9.17, 15) is 20.2 Å². The molecule has 0 unspecified atom stereocenters. The van der Waals surface area contributed by atoms with E-state index in [1.165, 1.54) is 23.0 Å². The Hall–Kier alpha value is -5.09. The molecule has 7 heteroatoms. The van der Waals surface area contributed by atoms with Crippen molar-refractivity contribution in [1.29, 1.82) is 5.26 Å². The quantitative estimate of drug-likeness (QED) is 0.195. The molecule has 0 saturated carbocycles. The van der Waals surface area contributed by atoms with Gasteiger partial charge in [-0.05, 0) is 65.3 Å². The molecule has 0 aliphatic heterocycles. The summed E-state index contributed by atoms with van der Waals surface area (Å²) in [5, 5.41) is 25.6. The minimum atomic E-state index is -0.501. The summed E-state index contributed by atoms with van der Waals surface area (Å²) in [6.07, 6.45) is 5.89. The Balaban J connectivity index is 1.76. The van der Waals surface area contributed by atoms with Gasteiger partial charge in [0.25, 0.3) is 11.2 Å². The van der Waals surface area contributed by atoms with Crippen LogP contribution in [0.4, 0.5) is 5.69 Å². The van der Waals surface area contributed by atoms with E-state index in [1.54, 1.807) is 12.1 Å². The van der Waals surface area contributed by atoms with Crippen LogP contribution in [0.25, 0.3) is 22.8 Å². The summed E-state index contributed by atoms with van der Waals surface area (Å²) in [5.41, 5.74) is 5.17. The summed E-state index contributed by atoms with van der Waals surface area (Å²) in [7, 11) is 0. The van der Waals surface area contributed by atoms with Crippen molar-refractivity contribution in [3.63, 3.8) is 0 Å². The van der Waals surface area contributed by atoms with Crippen molar-refractivity contribution in [2.24, 2.45) is 5.10 Å². The number of nitro groups is 1. The minimum absolute atomic E-state index is 0.0289. The molecule has 0 atom stereocenters. The molecule has 180 valence electrons. The highest BCUT2D eigenvalue weighted by Crippen LogP contribution is 2.38. The first kappa shape index (κ1) is 23.6. The Labute approximate surface area is 213 Å². The van der Waals surface area contributed by atoms with Crippen LogP contribution in [0, 0.1) is 21.4 Å². The maximum atomic E-state index is 13.7. The first-order valence-electron chi connectivity index (χ1n) is 11.9. The zero-order valence-electron chi connectivity index (χ0n) is 19.9. The van der Waals surface area contributed by atoms with Gasteiger partial charge in [-0.3, -0.25) is 14.9 Å². The third-order valence-electron chi connectivity index (χ3n) is 6.37. The lowest BCUT2D eigenvalue weighted by atomic mass is 9.84. The van der Waals surface area contributed by atoms with Crippen LogP contribution in [-0.2, 0) is 6.42 Å². The summed E-state index contributed by atoms with van der Waals surface area (Å²) in [4.78, 5) is 24.3. The van der Waals surface area contributed by atoms with Gasteiger partial charge in [0, 0.05) is 17.7 Å². The first-order chi connectivity index (χ1) is 18.1. The molecule has 0 bridgehead atoms. The number of allylic oxidation sites excluding steroid dienone is 1. The predicted molar refractivity (Wildman–Crippen MR) is 144 cm³/mol. The molecule has 7 nitrogen and oxygen atoms in total. The van der Waals surface area contributed by atoms with Gasteiger partial charge in [-0.2, -0.15) is 15.0 Å². The second-order valence-electron chi connectivity index (χ2n) is 8.70. The molecule has 0 amide bonds. The van der Waals surface area contributed by atoms with Gasteiger partial charge in [0.15, 0.2) is 0 Å². The van der Waals surface area contributed by atoms with Gasteiger partial charge in [-0.15, -0.1) is 0 Å². The van der Waals surface area contributed by atoms with Crippen molar-refractivity contribution < 1.29 is 4.92 Å². The van der Waals surface area contributed by atoms with Crippen LogP contribution >= 0.6 is 0 Å². The van der Waals surface area contributed by atoms with Gasteiger partial charge in [0.05, 0.1) is 16.8 Å². The fourth-order valence-corrected chi connectivity index (χ4v) is 4.69. The zero-order valence-corrected chi connectivity index (χ0v) is 19.9. The molecule has 4 aromatic rings. The van der Waals surface area contributed by atoms with Crippen LogP contribution in [0.5, 0.6) is 0 Å². The number of nitriles is 1. The number of pyridine rings is 1. The number of non-ortho nitro benzene ring substituents is 1. The van der Waals surface area contributed by atoms with Crippen molar-refractivity contribution in [3.8, 4) is 17.2 Å². The van der Waals surface area contributed by atoms with Crippen molar-refractivity contribution >= 4 is 23.6 Å². The first-order valence-corrected chi connectivity index (χ1v) is 11.9. The molecule has 1 aliphatic rings. The molecule has 37 heavy (non-hydrogen) atoms. The topological polar surface area (TPSA) is 101 Å². The fourth-order valence-electron chi connectivity index (χ4n) is 4.69. The van der Waals surface area contributed by atoms with Crippen LogP contribution in [0.1, 0.15) is 40.8 Å². The van der Waals surface area contributed by atoms with Crippen molar-refractivity contribution in [3.05, 3.63) is 133 Å². The second kappa shape index (κ2) is 10.3. The summed E-state index contributed by atoms with van der Waals surface area (Å²) in [6, 6.07) is 27.5.